The number of nitrogens with zero attached hydrogens (tertiary/aromatic N) is 2. The van der Waals surface area contributed by atoms with Gasteiger partial charge in [0.15, 0.2) is 5.82 Å². The summed E-state index contributed by atoms with van der Waals surface area (Å²) >= 11 is 0. The van der Waals surface area contributed by atoms with Crippen LogP contribution in [0.4, 0.5) is 11.5 Å². The van der Waals surface area contributed by atoms with Crippen LogP contribution in [-0.2, 0) is 4.79 Å². The monoisotopic (exact) mass is 248 g/mol. The van der Waals surface area contributed by atoms with Crippen molar-refractivity contribution in [3.63, 3.8) is 0 Å². The van der Waals surface area contributed by atoms with Gasteiger partial charge in [-0.2, -0.15) is 0 Å². The quantitative estimate of drug-likeness (QED) is 0.838. The zero-order chi connectivity index (χ0) is 13.1. The molecule has 0 saturated heterocycles. The zero-order valence-electron chi connectivity index (χ0n) is 10.7. The number of nitrogen functional groups attached to an aromatic ring is 1. The number of amides is 1. The summed E-state index contributed by atoms with van der Waals surface area (Å²) in [7, 11) is 0. The minimum Gasteiger partial charge on any atom is -0.396 e. The van der Waals surface area contributed by atoms with Gasteiger partial charge in [0.2, 0.25) is 5.91 Å². The van der Waals surface area contributed by atoms with Gasteiger partial charge in [-0.3, -0.25) is 4.79 Å². The number of nitrogens with two attached hydrogens (primary N) is 2. The number of hydrogen-bond donors (Lipinski definition) is 2. The average molecular weight is 248 g/mol. The predicted molar refractivity (Wildman–Crippen MR) is 72.2 cm³/mol. The van der Waals surface area contributed by atoms with Gasteiger partial charge in [0, 0.05) is 11.7 Å². The summed E-state index contributed by atoms with van der Waals surface area (Å²) < 4.78 is 0. The molecule has 1 saturated carbocycles. The molecule has 98 valence electrons. The third-order valence-electron chi connectivity index (χ3n) is 3.41. The molecule has 1 aliphatic carbocycles. The van der Waals surface area contributed by atoms with Gasteiger partial charge in [-0.15, -0.1) is 0 Å². The average Bonchev–Trinajstić information content (AvgIpc) is 2.82. The molecule has 1 heterocycles. The smallest absolute Gasteiger partial charge is 0.237 e. The summed E-state index contributed by atoms with van der Waals surface area (Å²) in [6.07, 6.45) is 4.52. The van der Waals surface area contributed by atoms with Gasteiger partial charge in [-0.05, 0) is 31.9 Å². The van der Waals surface area contributed by atoms with E-state index in [1.54, 1.807) is 0 Å². The molecule has 1 fully saturated rings. The van der Waals surface area contributed by atoms with E-state index in [0.29, 0.717) is 17.5 Å². The van der Waals surface area contributed by atoms with Gasteiger partial charge in [-0.25, -0.2) is 4.98 Å². The molecule has 18 heavy (non-hydrogen) atoms. The highest BCUT2D eigenvalue weighted by molar-refractivity contribution is 5.81. The maximum Gasteiger partial charge on any atom is 0.237 e. The molecular formula is C13H20N4O. The maximum atomic E-state index is 11.2. The molecule has 0 atom stereocenters. The van der Waals surface area contributed by atoms with Crippen LogP contribution < -0.4 is 16.4 Å². The van der Waals surface area contributed by atoms with Crippen molar-refractivity contribution in [1.82, 2.24) is 4.98 Å². The molecule has 0 radical (unpaired) electrons. The molecule has 0 unspecified atom stereocenters. The lowest BCUT2D eigenvalue weighted by molar-refractivity contribution is -0.116. The van der Waals surface area contributed by atoms with Crippen molar-refractivity contribution in [2.24, 2.45) is 5.73 Å². The molecule has 5 nitrogen and oxygen atoms in total. The third-order valence-corrected chi connectivity index (χ3v) is 3.41. The molecule has 1 aromatic rings. The van der Waals surface area contributed by atoms with Gasteiger partial charge in [0.1, 0.15) is 0 Å². The standard InChI is InChI=1S/C13H20N4O/c1-9-6-7-11(14)13(16-9)17(8-12(15)18)10-4-2-3-5-10/h6-7,10H,2-5,8,14H2,1H3,(H2,15,18). The van der Waals surface area contributed by atoms with E-state index in [-0.39, 0.29) is 12.5 Å². The second kappa shape index (κ2) is 5.25. The molecule has 0 bridgehead atoms. The largest absolute Gasteiger partial charge is 0.396 e. The highest BCUT2D eigenvalue weighted by atomic mass is 16.1. The van der Waals surface area contributed by atoms with E-state index in [2.05, 4.69) is 4.98 Å². The second-order valence-corrected chi connectivity index (χ2v) is 4.90. The van der Waals surface area contributed by atoms with Crippen molar-refractivity contribution in [3.05, 3.63) is 17.8 Å². The number of anilines is 2. The maximum absolute atomic E-state index is 11.2. The third kappa shape index (κ3) is 2.72. The highest BCUT2D eigenvalue weighted by Gasteiger charge is 2.26. The van der Waals surface area contributed by atoms with Gasteiger partial charge in [0.05, 0.1) is 12.2 Å². The van der Waals surface area contributed by atoms with Crippen LogP contribution in [0.1, 0.15) is 31.4 Å². The number of carbonyl (C=O) groups is 1. The van der Waals surface area contributed by atoms with Gasteiger partial charge in [0.25, 0.3) is 0 Å². The molecule has 0 aliphatic heterocycles. The SMILES string of the molecule is Cc1ccc(N)c(N(CC(N)=O)C2CCCC2)n1. The number of aromatic nitrogens is 1. The Bertz CT molecular complexity index is 441. The van der Waals surface area contributed by atoms with E-state index in [4.69, 9.17) is 11.5 Å². The normalized spacial score (nSPS) is 15.8. The summed E-state index contributed by atoms with van der Waals surface area (Å²) in [6.45, 7) is 2.10. The van der Waals surface area contributed by atoms with Crippen LogP contribution >= 0.6 is 0 Å². The van der Waals surface area contributed by atoms with Crippen LogP contribution in [0.5, 0.6) is 0 Å². The van der Waals surface area contributed by atoms with Crippen molar-refractivity contribution < 1.29 is 4.79 Å². The molecule has 1 amide bonds. The molecule has 1 aliphatic rings. The van der Waals surface area contributed by atoms with Crippen LogP contribution in [0.25, 0.3) is 0 Å². The molecule has 4 N–H and O–H groups in total. The van der Waals surface area contributed by atoms with Crippen LogP contribution in [0.15, 0.2) is 12.1 Å². The second-order valence-electron chi connectivity index (χ2n) is 4.90. The van der Waals surface area contributed by atoms with E-state index in [1.165, 1.54) is 12.8 Å². The van der Waals surface area contributed by atoms with E-state index in [1.807, 2.05) is 24.0 Å². The van der Waals surface area contributed by atoms with Gasteiger partial charge in [-0.1, -0.05) is 12.8 Å². The van der Waals surface area contributed by atoms with Crippen LogP contribution in [0.3, 0.4) is 0 Å². The van der Waals surface area contributed by atoms with E-state index >= 15 is 0 Å². The molecule has 0 aromatic carbocycles. The van der Waals surface area contributed by atoms with Crippen molar-refractivity contribution in [2.45, 2.75) is 38.6 Å². The first-order chi connectivity index (χ1) is 8.58. The number of aryl methyl sites for hydroxylation is 1. The first-order valence-electron chi connectivity index (χ1n) is 6.36. The summed E-state index contributed by atoms with van der Waals surface area (Å²) in [5.74, 6) is 0.352. The van der Waals surface area contributed by atoms with Gasteiger partial charge >= 0.3 is 0 Å². The van der Waals surface area contributed by atoms with Crippen molar-refractivity contribution >= 4 is 17.4 Å². The Morgan fingerprint density at radius 1 is 1.44 bits per heavy atom. The Labute approximate surface area is 107 Å². The summed E-state index contributed by atoms with van der Waals surface area (Å²) in [6, 6.07) is 4.03. The minimum absolute atomic E-state index is 0.186. The highest BCUT2D eigenvalue weighted by Crippen LogP contribution is 2.30. The Kier molecular flexibility index (Phi) is 3.69. The Morgan fingerprint density at radius 3 is 2.72 bits per heavy atom. The van der Waals surface area contributed by atoms with Crippen molar-refractivity contribution in [1.29, 1.82) is 0 Å². The lowest BCUT2D eigenvalue weighted by atomic mass is 10.2. The van der Waals surface area contributed by atoms with Crippen LogP contribution in [0.2, 0.25) is 0 Å². The fourth-order valence-electron chi connectivity index (χ4n) is 2.54. The fourth-order valence-corrected chi connectivity index (χ4v) is 2.54. The summed E-state index contributed by atoms with van der Waals surface area (Å²) in [4.78, 5) is 17.7. The number of primary amides is 1. The topological polar surface area (TPSA) is 85.2 Å². The molecular weight excluding hydrogens is 228 g/mol. The Hall–Kier alpha value is -1.78. The van der Waals surface area contributed by atoms with Crippen LogP contribution in [0, 0.1) is 6.92 Å². The lowest BCUT2D eigenvalue weighted by Crippen LogP contribution is -2.41. The zero-order valence-corrected chi connectivity index (χ0v) is 10.7. The summed E-state index contributed by atoms with van der Waals surface area (Å²) in [5, 5.41) is 0. The minimum atomic E-state index is -0.343. The van der Waals surface area contributed by atoms with Gasteiger partial charge < -0.3 is 16.4 Å². The molecule has 2 rings (SSSR count). The summed E-state index contributed by atoms with van der Waals surface area (Å²) in [5.41, 5.74) is 12.8. The molecule has 1 aromatic heterocycles. The van der Waals surface area contributed by atoms with E-state index < -0.39 is 0 Å². The fraction of sp³-hybridized carbons (Fsp3) is 0.538. The van der Waals surface area contributed by atoms with Crippen molar-refractivity contribution in [2.75, 3.05) is 17.2 Å². The van der Waals surface area contributed by atoms with Crippen LogP contribution in [-0.4, -0.2) is 23.5 Å². The number of rotatable bonds is 4. The van der Waals surface area contributed by atoms with Crippen molar-refractivity contribution in [3.8, 4) is 0 Å². The number of carbonyl (C=O) groups excluding carboxylic acids is 1. The molecule has 0 spiro atoms. The van der Waals surface area contributed by atoms with E-state index in [9.17, 15) is 4.79 Å². The molecule has 5 heteroatoms. The number of hydrogen-bond acceptors (Lipinski definition) is 4. The predicted octanol–water partition coefficient (Wildman–Crippen LogP) is 1.21. The van der Waals surface area contributed by atoms with E-state index in [0.717, 1.165) is 18.5 Å². The first kappa shape index (κ1) is 12.7. The Morgan fingerprint density at radius 2 is 2.11 bits per heavy atom. The first-order valence-corrected chi connectivity index (χ1v) is 6.36. The Balaban J connectivity index is 2.31. The number of pyridine rings is 1. The lowest BCUT2D eigenvalue weighted by Gasteiger charge is -2.30.